The molecule has 2 saturated heterocycles. The number of hydrogen-bond acceptors (Lipinski definition) is 5. The molecular formula is C24H32N4O2. The molecule has 0 spiro atoms. The van der Waals surface area contributed by atoms with Gasteiger partial charge in [0.15, 0.2) is 0 Å². The SMILES string of the molecule is C[C@H](c1ccccc1)N1CCN(C(=O)CN2CCN(c3ccccc3O)CC2)CC1. The molecule has 0 bridgehead atoms. The van der Waals surface area contributed by atoms with Crippen LogP contribution in [-0.4, -0.2) is 84.6 Å². The van der Waals surface area contributed by atoms with Crippen LogP contribution in [0, 0.1) is 0 Å². The van der Waals surface area contributed by atoms with Crippen LogP contribution in [0.5, 0.6) is 5.75 Å². The van der Waals surface area contributed by atoms with Gasteiger partial charge in [0.2, 0.25) is 5.91 Å². The summed E-state index contributed by atoms with van der Waals surface area (Å²) in [7, 11) is 0. The lowest BCUT2D eigenvalue weighted by molar-refractivity contribution is -0.134. The van der Waals surface area contributed by atoms with Crippen LogP contribution in [0.3, 0.4) is 0 Å². The van der Waals surface area contributed by atoms with Gasteiger partial charge in [0.25, 0.3) is 0 Å². The number of phenols is 1. The Labute approximate surface area is 179 Å². The molecule has 1 N–H and O–H groups in total. The summed E-state index contributed by atoms with van der Waals surface area (Å²) in [4.78, 5) is 21.7. The average molecular weight is 409 g/mol. The normalized spacial score (nSPS) is 19.6. The van der Waals surface area contributed by atoms with E-state index in [1.165, 1.54) is 5.56 Å². The number of phenolic OH excluding ortho intramolecular Hbond substituents is 1. The minimum Gasteiger partial charge on any atom is -0.506 e. The number of rotatable bonds is 5. The van der Waals surface area contributed by atoms with Gasteiger partial charge in [0.1, 0.15) is 5.75 Å². The first-order valence-electron chi connectivity index (χ1n) is 10.9. The van der Waals surface area contributed by atoms with Crippen LogP contribution in [-0.2, 0) is 4.79 Å². The highest BCUT2D eigenvalue weighted by atomic mass is 16.3. The van der Waals surface area contributed by atoms with Gasteiger partial charge >= 0.3 is 0 Å². The molecule has 2 fully saturated rings. The molecule has 2 heterocycles. The third-order valence-electron chi connectivity index (χ3n) is 6.45. The zero-order chi connectivity index (χ0) is 20.9. The van der Waals surface area contributed by atoms with Gasteiger partial charge in [-0.2, -0.15) is 0 Å². The first-order chi connectivity index (χ1) is 14.6. The highest BCUT2D eigenvalue weighted by molar-refractivity contribution is 5.78. The fourth-order valence-corrected chi connectivity index (χ4v) is 4.47. The third-order valence-corrected chi connectivity index (χ3v) is 6.45. The van der Waals surface area contributed by atoms with E-state index < -0.39 is 0 Å². The molecule has 6 nitrogen and oxygen atoms in total. The Morgan fingerprint density at radius 1 is 0.867 bits per heavy atom. The lowest BCUT2D eigenvalue weighted by atomic mass is 10.1. The molecule has 1 amide bonds. The van der Waals surface area contributed by atoms with Crippen molar-refractivity contribution in [1.82, 2.24) is 14.7 Å². The summed E-state index contributed by atoms with van der Waals surface area (Å²) in [5.41, 5.74) is 2.21. The summed E-state index contributed by atoms with van der Waals surface area (Å²) < 4.78 is 0. The molecule has 30 heavy (non-hydrogen) atoms. The van der Waals surface area contributed by atoms with Crippen LogP contribution in [0.1, 0.15) is 18.5 Å². The molecule has 0 saturated carbocycles. The van der Waals surface area contributed by atoms with Gasteiger partial charge in [-0.05, 0) is 24.6 Å². The van der Waals surface area contributed by atoms with Gasteiger partial charge in [0.05, 0.1) is 12.2 Å². The van der Waals surface area contributed by atoms with Gasteiger partial charge in [-0.15, -0.1) is 0 Å². The smallest absolute Gasteiger partial charge is 0.236 e. The Morgan fingerprint density at radius 2 is 1.50 bits per heavy atom. The van der Waals surface area contributed by atoms with Crippen molar-refractivity contribution in [2.24, 2.45) is 0 Å². The number of carbonyl (C=O) groups is 1. The van der Waals surface area contributed by atoms with E-state index in [-0.39, 0.29) is 5.91 Å². The van der Waals surface area contributed by atoms with Crippen molar-refractivity contribution < 1.29 is 9.90 Å². The minimum absolute atomic E-state index is 0.234. The van der Waals surface area contributed by atoms with E-state index in [9.17, 15) is 9.90 Å². The molecule has 6 heteroatoms. The van der Waals surface area contributed by atoms with Crippen molar-refractivity contribution in [3.63, 3.8) is 0 Å². The average Bonchev–Trinajstić information content (AvgIpc) is 2.80. The van der Waals surface area contributed by atoms with Crippen LogP contribution in [0.2, 0.25) is 0 Å². The first-order valence-corrected chi connectivity index (χ1v) is 10.9. The molecule has 4 rings (SSSR count). The van der Waals surface area contributed by atoms with Crippen LogP contribution in [0.4, 0.5) is 5.69 Å². The second-order valence-corrected chi connectivity index (χ2v) is 8.26. The topological polar surface area (TPSA) is 50.3 Å². The standard InChI is InChI=1S/C24H32N4O2/c1-20(21-7-3-2-4-8-21)26-15-17-28(18-16-26)24(30)19-25-11-13-27(14-12-25)22-9-5-6-10-23(22)29/h2-10,20,29H,11-19H2,1H3/t20-/m1/s1. The Hall–Kier alpha value is -2.57. The number of benzene rings is 2. The van der Waals surface area contributed by atoms with Crippen molar-refractivity contribution in [3.8, 4) is 5.75 Å². The number of carbonyl (C=O) groups excluding carboxylic acids is 1. The van der Waals surface area contributed by atoms with Gasteiger partial charge in [-0.25, -0.2) is 0 Å². The Morgan fingerprint density at radius 3 is 2.17 bits per heavy atom. The summed E-state index contributed by atoms with van der Waals surface area (Å²) in [6.07, 6.45) is 0. The first kappa shape index (κ1) is 20.7. The van der Waals surface area contributed by atoms with Gasteiger partial charge < -0.3 is 14.9 Å². The third kappa shape index (κ3) is 4.77. The van der Waals surface area contributed by atoms with Crippen molar-refractivity contribution in [3.05, 3.63) is 60.2 Å². The molecule has 2 aromatic rings. The zero-order valence-electron chi connectivity index (χ0n) is 17.8. The lowest BCUT2D eigenvalue weighted by Crippen LogP contribution is -2.54. The van der Waals surface area contributed by atoms with E-state index in [2.05, 4.69) is 52.0 Å². The zero-order valence-corrected chi connectivity index (χ0v) is 17.8. The molecule has 2 aromatic carbocycles. The van der Waals surface area contributed by atoms with Crippen molar-refractivity contribution in [2.75, 3.05) is 63.8 Å². The molecule has 0 radical (unpaired) electrons. The monoisotopic (exact) mass is 408 g/mol. The maximum atomic E-state index is 12.8. The van der Waals surface area contributed by atoms with Crippen LogP contribution in [0.15, 0.2) is 54.6 Å². The lowest BCUT2D eigenvalue weighted by Gasteiger charge is -2.40. The van der Waals surface area contributed by atoms with E-state index in [0.717, 1.165) is 58.0 Å². The summed E-state index contributed by atoms with van der Waals surface area (Å²) in [6.45, 7) is 9.50. The van der Waals surface area contributed by atoms with E-state index >= 15 is 0 Å². The van der Waals surface area contributed by atoms with Crippen LogP contribution in [0.25, 0.3) is 0 Å². The van der Waals surface area contributed by atoms with E-state index in [4.69, 9.17) is 0 Å². The summed E-state index contributed by atoms with van der Waals surface area (Å²) in [6, 6.07) is 18.4. The number of nitrogens with zero attached hydrogens (tertiary/aromatic N) is 4. The molecule has 160 valence electrons. The van der Waals surface area contributed by atoms with Gasteiger partial charge in [-0.1, -0.05) is 42.5 Å². The molecule has 0 unspecified atom stereocenters. The molecule has 2 aliphatic heterocycles. The molecule has 0 aromatic heterocycles. The van der Waals surface area contributed by atoms with Crippen molar-refractivity contribution in [1.29, 1.82) is 0 Å². The Bertz CT molecular complexity index is 828. The summed E-state index contributed by atoms with van der Waals surface area (Å²) in [5.74, 6) is 0.558. The van der Waals surface area contributed by atoms with E-state index in [1.807, 2.05) is 23.1 Å². The number of amides is 1. The highest BCUT2D eigenvalue weighted by Crippen LogP contribution is 2.27. The quantitative estimate of drug-likeness (QED) is 0.824. The fourth-order valence-electron chi connectivity index (χ4n) is 4.47. The number of piperazine rings is 2. The predicted molar refractivity (Wildman–Crippen MR) is 120 cm³/mol. The van der Waals surface area contributed by atoms with Gasteiger partial charge in [-0.3, -0.25) is 14.6 Å². The molecular weight excluding hydrogens is 376 g/mol. The van der Waals surface area contributed by atoms with Crippen LogP contribution < -0.4 is 4.90 Å². The minimum atomic E-state index is 0.234. The highest BCUT2D eigenvalue weighted by Gasteiger charge is 2.27. The number of para-hydroxylation sites is 2. The number of aromatic hydroxyl groups is 1. The molecule has 2 aliphatic rings. The Balaban J connectivity index is 1.22. The maximum Gasteiger partial charge on any atom is 0.236 e. The largest absolute Gasteiger partial charge is 0.506 e. The fraction of sp³-hybridized carbons (Fsp3) is 0.458. The summed E-state index contributed by atoms with van der Waals surface area (Å²) in [5, 5.41) is 10.1. The second kappa shape index (κ2) is 9.49. The number of anilines is 1. The van der Waals surface area contributed by atoms with Crippen molar-refractivity contribution in [2.45, 2.75) is 13.0 Å². The number of hydrogen-bond donors (Lipinski definition) is 1. The van der Waals surface area contributed by atoms with E-state index in [0.29, 0.717) is 18.3 Å². The van der Waals surface area contributed by atoms with Crippen molar-refractivity contribution >= 4 is 11.6 Å². The second-order valence-electron chi connectivity index (χ2n) is 8.26. The van der Waals surface area contributed by atoms with E-state index in [1.54, 1.807) is 6.07 Å². The predicted octanol–water partition coefficient (Wildman–Crippen LogP) is 2.42. The Kier molecular flexibility index (Phi) is 6.55. The molecule has 0 aliphatic carbocycles. The summed E-state index contributed by atoms with van der Waals surface area (Å²) >= 11 is 0. The van der Waals surface area contributed by atoms with Crippen LogP contribution >= 0.6 is 0 Å². The maximum absolute atomic E-state index is 12.8. The van der Waals surface area contributed by atoms with Gasteiger partial charge in [0, 0.05) is 58.4 Å². The molecule has 1 atom stereocenters.